The van der Waals surface area contributed by atoms with Crippen LogP contribution in [0.25, 0.3) is 0 Å². The number of carboxylic acids is 1. The number of carbonyl (C=O) groups excluding carboxylic acids is 1. The molecule has 7 nitrogen and oxygen atoms in total. The van der Waals surface area contributed by atoms with Gasteiger partial charge in [-0.1, -0.05) is 0 Å². The quantitative estimate of drug-likeness (QED) is 0.805. The number of aryl methyl sites for hydroxylation is 1. The summed E-state index contributed by atoms with van der Waals surface area (Å²) in [6.07, 6.45) is 1.89. The predicted octanol–water partition coefficient (Wildman–Crippen LogP) is -0.170. The average molecular weight is 253 g/mol. The molecule has 1 aromatic heterocycles. The van der Waals surface area contributed by atoms with Gasteiger partial charge in [0.25, 0.3) is 0 Å². The minimum atomic E-state index is -1.06. The minimum absolute atomic E-state index is 0.00572. The fraction of sp³-hybridized carbons (Fsp3) is 0.545. The minimum Gasteiger partial charge on any atom is -0.476 e. The monoisotopic (exact) mass is 253 g/mol. The number of carboxylic acid groups (broad SMARTS) is 1. The summed E-state index contributed by atoms with van der Waals surface area (Å²) < 4.78 is 6.64. The van der Waals surface area contributed by atoms with E-state index < -0.39 is 5.97 Å². The van der Waals surface area contributed by atoms with E-state index in [2.05, 4.69) is 5.10 Å². The Balaban J connectivity index is 1.82. The molecule has 1 N–H and O–H groups in total. The Hall–Kier alpha value is -1.89. The van der Waals surface area contributed by atoms with E-state index in [1.165, 1.54) is 10.7 Å². The Bertz CT molecular complexity index is 437. The summed E-state index contributed by atoms with van der Waals surface area (Å²) in [7, 11) is 0. The van der Waals surface area contributed by atoms with Crippen molar-refractivity contribution in [1.82, 2.24) is 14.7 Å². The van der Waals surface area contributed by atoms with Crippen molar-refractivity contribution in [2.24, 2.45) is 0 Å². The molecule has 1 aliphatic rings. The Labute approximate surface area is 104 Å². The van der Waals surface area contributed by atoms with Crippen molar-refractivity contribution >= 4 is 11.9 Å². The van der Waals surface area contributed by atoms with Gasteiger partial charge in [-0.3, -0.25) is 9.48 Å². The maximum atomic E-state index is 11.8. The number of aromatic carboxylic acids is 1. The largest absolute Gasteiger partial charge is 0.476 e. The van der Waals surface area contributed by atoms with Gasteiger partial charge in [-0.25, -0.2) is 4.79 Å². The molecule has 0 aromatic carbocycles. The third-order valence-electron chi connectivity index (χ3n) is 2.78. The smallest absolute Gasteiger partial charge is 0.356 e. The van der Waals surface area contributed by atoms with Gasteiger partial charge >= 0.3 is 5.97 Å². The Morgan fingerprint density at radius 3 is 2.72 bits per heavy atom. The zero-order chi connectivity index (χ0) is 13.0. The molecule has 0 aliphatic carbocycles. The number of rotatable bonds is 4. The van der Waals surface area contributed by atoms with Gasteiger partial charge in [0.15, 0.2) is 5.69 Å². The maximum Gasteiger partial charge on any atom is 0.356 e. The number of nitrogens with zero attached hydrogens (tertiary/aromatic N) is 3. The molecule has 0 spiro atoms. The highest BCUT2D eigenvalue weighted by Gasteiger charge is 2.16. The van der Waals surface area contributed by atoms with Crippen molar-refractivity contribution in [3.8, 4) is 0 Å². The van der Waals surface area contributed by atoms with Gasteiger partial charge in [-0.2, -0.15) is 5.10 Å². The van der Waals surface area contributed by atoms with Crippen molar-refractivity contribution in [2.45, 2.75) is 13.0 Å². The molecule has 7 heteroatoms. The SMILES string of the molecule is O=C(O)c1ccn(CCC(=O)N2CCOCC2)n1. The van der Waals surface area contributed by atoms with E-state index in [4.69, 9.17) is 9.84 Å². The lowest BCUT2D eigenvalue weighted by Crippen LogP contribution is -2.41. The van der Waals surface area contributed by atoms with E-state index in [1.54, 1.807) is 11.1 Å². The van der Waals surface area contributed by atoms with Gasteiger partial charge in [0.05, 0.1) is 13.2 Å². The van der Waals surface area contributed by atoms with Crippen LogP contribution in [0.15, 0.2) is 12.3 Å². The average Bonchev–Trinajstić information content (AvgIpc) is 2.86. The summed E-state index contributed by atoms with van der Waals surface area (Å²) in [4.78, 5) is 24.2. The summed E-state index contributed by atoms with van der Waals surface area (Å²) >= 11 is 0. The molecule has 1 amide bonds. The highest BCUT2D eigenvalue weighted by Crippen LogP contribution is 2.02. The summed E-state index contributed by atoms with van der Waals surface area (Å²) in [5.41, 5.74) is -0.00572. The van der Waals surface area contributed by atoms with Crippen molar-refractivity contribution in [2.75, 3.05) is 26.3 Å². The predicted molar refractivity (Wildman–Crippen MR) is 61.2 cm³/mol. The third kappa shape index (κ3) is 3.07. The lowest BCUT2D eigenvalue weighted by molar-refractivity contribution is -0.135. The molecule has 1 aliphatic heterocycles. The molecule has 1 saturated heterocycles. The van der Waals surface area contributed by atoms with Crippen molar-refractivity contribution < 1.29 is 19.4 Å². The zero-order valence-corrected chi connectivity index (χ0v) is 9.91. The van der Waals surface area contributed by atoms with Crippen LogP contribution < -0.4 is 0 Å². The first-order valence-electron chi connectivity index (χ1n) is 5.79. The van der Waals surface area contributed by atoms with Crippen LogP contribution >= 0.6 is 0 Å². The molecule has 0 bridgehead atoms. The lowest BCUT2D eigenvalue weighted by atomic mass is 10.3. The Morgan fingerprint density at radius 1 is 1.39 bits per heavy atom. The molecule has 0 atom stereocenters. The summed E-state index contributed by atoms with van der Waals surface area (Å²) in [5.74, 6) is -1.01. The third-order valence-corrected chi connectivity index (χ3v) is 2.78. The number of carbonyl (C=O) groups is 2. The summed E-state index contributed by atoms with van der Waals surface area (Å²) in [5, 5.41) is 12.6. The highest BCUT2D eigenvalue weighted by molar-refractivity contribution is 5.85. The normalized spacial score (nSPS) is 15.7. The van der Waals surface area contributed by atoms with E-state index in [9.17, 15) is 9.59 Å². The lowest BCUT2D eigenvalue weighted by Gasteiger charge is -2.26. The van der Waals surface area contributed by atoms with Crippen LogP contribution in [0, 0.1) is 0 Å². The molecule has 0 radical (unpaired) electrons. The fourth-order valence-electron chi connectivity index (χ4n) is 1.78. The van der Waals surface area contributed by atoms with E-state index >= 15 is 0 Å². The van der Waals surface area contributed by atoms with E-state index in [-0.39, 0.29) is 11.6 Å². The second-order valence-electron chi connectivity index (χ2n) is 4.01. The van der Waals surface area contributed by atoms with Crippen LogP contribution in [0.2, 0.25) is 0 Å². The molecule has 1 fully saturated rings. The maximum absolute atomic E-state index is 11.8. The van der Waals surface area contributed by atoms with E-state index in [0.29, 0.717) is 39.3 Å². The first-order chi connectivity index (χ1) is 8.66. The molecule has 18 heavy (non-hydrogen) atoms. The summed E-state index contributed by atoms with van der Waals surface area (Å²) in [6, 6.07) is 1.42. The van der Waals surface area contributed by atoms with Crippen LogP contribution in [-0.4, -0.2) is 58.0 Å². The molecular formula is C11H15N3O4. The second-order valence-corrected chi connectivity index (χ2v) is 4.01. The van der Waals surface area contributed by atoms with Crippen molar-refractivity contribution in [3.05, 3.63) is 18.0 Å². The Kier molecular flexibility index (Phi) is 3.93. The van der Waals surface area contributed by atoms with Gasteiger partial charge in [-0.15, -0.1) is 0 Å². The zero-order valence-electron chi connectivity index (χ0n) is 9.91. The van der Waals surface area contributed by atoms with Crippen LogP contribution in [-0.2, 0) is 16.1 Å². The van der Waals surface area contributed by atoms with E-state index in [1.807, 2.05) is 0 Å². The second kappa shape index (κ2) is 5.63. The standard InChI is InChI=1S/C11H15N3O4/c15-10(13-5-7-18-8-6-13)2-4-14-3-1-9(12-14)11(16)17/h1,3H,2,4-8H2,(H,16,17). The first kappa shape index (κ1) is 12.6. The van der Waals surface area contributed by atoms with E-state index in [0.717, 1.165) is 0 Å². The van der Waals surface area contributed by atoms with Crippen LogP contribution in [0.3, 0.4) is 0 Å². The number of morpholine rings is 1. The number of ether oxygens (including phenoxy) is 1. The highest BCUT2D eigenvalue weighted by atomic mass is 16.5. The van der Waals surface area contributed by atoms with Gasteiger partial charge in [0, 0.05) is 32.3 Å². The van der Waals surface area contributed by atoms with Gasteiger partial charge in [0.2, 0.25) is 5.91 Å². The molecular weight excluding hydrogens is 238 g/mol. The topological polar surface area (TPSA) is 84.7 Å². The fourth-order valence-corrected chi connectivity index (χ4v) is 1.78. The molecule has 1 aromatic rings. The van der Waals surface area contributed by atoms with Gasteiger partial charge in [-0.05, 0) is 6.07 Å². The van der Waals surface area contributed by atoms with Crippen LogP contribution in [0.4, 0.5) is 0 Å². The van der Waals surface area contributed by atoms with Crippen LogP contribution in [0.1, 0.15) is 16.9 Å². The van der Waals surface area contributed by atoms with Crippen molar-refractivity contribution in [3.63, 3.8) is 0 Å². The van der Waals surface area contributed by atoms with Gasteiger partial charge in [0.1, 0.15) is 0 Å². The number of hydrogen-bond donors (Lipinski definition) is 1. The molecule has 98 valence electrons. The Morgan fingerprint density at radius 2 is 2.11 bits per heavy atom. The van der Waals surface area contributed by atoms with Crippen LogP contribution in [0.5, 0.6) is 0 Å². The molecule has 2 rings (SSSR count). The summed E-state index contributed by atoms with van der Waals surface area (Å²) in [6.45, 7) is 2.80. The van der Waals surface area contributed by atoms with Gasteiger partial charge < -0.3 is 14.7 Å². The molecule has 0 unspecified atom stereocenters. The first-order valence-corrected chi connectivity index (χ1v) is 5.79. The van der Waals surface area contributed by atoms with Crippen molar-refractivity contribution in [1.29, 1.82) is 0 Å². The number of aromatic nitrogens is 2. The molecule has 2 heterocycles. The number of hydrogen-bond acceptors (Lipinski definition) is 4. The number of amides is 1. The molecule has 0 saturated carbocycles.